The third-order valence-electron chi connectivity index (χ3n) is 6.32. The first kappa shape index (κ1) is 38.1. The Bertz CT molecular complexity index is 537. The van der Waals surface area contributed by atoms with Gasteiger partial charge in [0.05, 0.1) is 105 Å². The smallest absolute Gasteiger partial charge is 0.305 e. The van der Waals surface area contributed by atoms with E-state index in [1.807, 2.05) is 0 Å². The minimum atomic E-state index is -0.138. The maximum absolute atomic E-state index is 11.6. The Morgan fingerprint density at radius 1 is 0.537 bits per heavy atom. The summed E-state index contributed by atoms with van der Waals surface area (Å²) in [6.45, 7) is 12.4. The highest BCUT2D eigenvalue weighted by Crippen LogP contribution is 2.08. The van der Waals surface area contributed by atoms with Crippen molar-refractivity contribution in [2.75, 3.05) is 119 Å². The summed E-state index contributed by atoms with van der Waals surface area (Å²) in [5.74, 6) is -0.138. The largest absolute Gasteiger partial charge is 0.463 e. The molecule has 244 valence electrons. The van der Waals surface area contributed by atoms with Crippen molar-refractivity contribution in [3.63, 3.8) is 0 Å². The molecule has 0 bridgehead atoms. The van der Waals surface area contributed by atoms with Gasteiger partial charge in [0.1, 0.15) is 6.61 Å². The van der Waals surface area contributed by atoms with Crippen LogP contribution >= 0.6 is 0 Å². The fraction of sp³-hybridized carbons (Fsp3) is 0.967. The Morgan fingerprint density at radius 3 is 1.39 bits per heavy atom. The summed E-state index contributed by atoms with van der Waals surface area (Å²) in [5.41, 5.74) is 0. The maximum atomic E-state index is 11.6. The maximum Gasteiger partial charge on any atom is 0.305 e. The summed E-state index contributed by atoms with van der Waals surface area (Å²) in [7, 11) is 0. The van der Waals surface area contributed by atoms with Crippen molar-refractivity contribution >= 4 is 5.97 Å². The Morgan fingerprint density at radius 2 is 0.927 bits per heavy atom. The lowest BCUT2D eigenvalue weighted by atomic mass is 10.1. The van der Waals surface area contributed by atoms with Crippen LogP contribution in [0.1, 0.15) is 64.7 Å². The fourth-order valence-corrected chi connectivity index (χ4v) is 3.99. The van der Waals surface area contributed by atoms with Gasteiger partial charge in [-0.15, -0.1) is 0 Å². The van der Waals surface area contributed by atoms with Gasteiger partial charge in [0, 0.05) is 6.42 Å². The average Bonchev–Trinajstić information content (AvgIpc) is 2.99. The lowest BCUT2D eigenvalue weighted by Crippen LogP contribution is -2.33. The molecule has 0 aromatic rings. The Hall–Kier alpha value is -0.890. The highest BCUT2D eigenvalue weighted by Gasteiger charge is 2.12. The van der Waals surface area contributed by atoms with E-state index in [2.05, 4.69) is 12.2 Å². The molecule has 1 rings (SSSR count). The third-order valence-corrected chi connectivity index (χ3v) is 6.32. The number of hydrogen-bond acceptors (Lipinski definition) is 11. The zero-order chi connectivity index (χ0) is 29.3. The number of hydrogen-bond donors (Lipinski definition) is 1. The minimum Gasteiger partial charge on any atom is -0.463 e. The van der Waals surface area contributed by atoms with E-state index in [1.165, 1.54) is 25.7 Å². The van der Waals surface area contributed by atoms with Crippen molar-refractivity contribution in [2.45, 2.75) is 70.8 Å². The first-order valence-electron chi connectivity index (χ1n) is 15.8. The predicted octanol–water partition coefficient (Wildman–Crippen LogP) is 3.17. The van der Waals surface area contributed by atoms with Crippen LogP contribution in [0.15, 0.2) is 0 Å². The fourth-order valence-electron chi connectivity index (χ4n) is 3.99. The third kappa shape index (κ3) is 29.0. The van der Waals surface area contributed by atoms with Crippen LogP contribution in [-0.2, 0) is 47.4 Å². The number of ether oxygens (including phenoxy) is 9. The molecule has 0 radical (unpaired) electrons. The molecule has 11 nitrogen and oxygen atoms in total. The minimum absolute atomic E-state index is 0.138. The first-order valence-corrected chi connectivity index (χ1v) is 15.8. The molecule has 1 saturated heterocycles. The number of carbonyl (C=O) groups is 1. The molecule has 1 aliphatic rings. The van der Waals surface area contributed by atoms with E-state index in [-0.39, 0.29) is 5.97 Å². The molecular weight excluding hydrogens is 534 g/mol. The van der Waals surface area contributed by atoms with Crippen LogP contribution < -0.4 is 5.32 Å². The van der Waals surface area contributed by atoms with Crippen molar-refractivity contribution < 1.29 is 47.4 Å². The Kier molecular flexibility index (Phi) is 29.8. The number of carbonyl (C=O) groups excluding carboxylic acids is 1. The molecule has 1 N–H and O–H groups in total. The molecular formula is C30H59NO10. The number of esters is 1. The quantitative estimate of drug-likeness (QED) is 0.0917. The second-order valence-corrected chi connectivity index (χ2v) is 9.84. The van der Waals surface area contributed by atoms with Crippen molar-refractivity contribution in [2.24, 2.45) is 0 Å². The highest BCUT2D eigenvalue weighted by molar-refractivity contribution is 5.69. The van der Waals surface area contributed by atoms with Crippen molar-refractivity contribution in [3.8, 4) is 0 Å². The molecule has 1 fully saturated rings. The molecule has 0 aromatic carbocycles. The summed E-state index contributed by atoms with van der Waals surface area (Å²) < 4.78 is 49.3. The lowest BCUT2D eigenvalue weighted by Gasteiger charge is -2.22. The Balaban J connectivity index is 1.64. The molecule has 41 heavy (non-hydrogen) atoms. The molecule has 0 spiro atoms. The van der Waals surface area contributed by atoms with Crippen LogP contribution in [0.4, 0.5) is 0 Å². The van der Waals surface area contributed by atoms with E-state index >= 15 is 0 Å². The van der Waals surface area contributed by atoms with E-state index < -0.39 is 0 Å². The highest BCUT2D eigenvalue weighted by atomic mass is 16.6. The number of rotatable bonds is 32. The number of unbranched alkanes of at least 4 members (excludes halogenated alkanes) is 5. The summed E-state index contributed by atoms with van der Waals surface area (Å²) >= 11 is 0. The van der Waals surface area contributed by atoms with Gasteiger partial charge in [0.15, 0.2) is 0 Å². The molecule has 0 aromatic heterocycles. The normalized spacial score (nSPS) is 14.1. The van der Waals surface area contributed by atoms with Gasteiger partial charge < -0.3 is 47.9 Å². The van der Waals surface area contributed by atoms with E-state index in [0.29, 0.717) is 118 Å². The van der Waals surface area contributed by atoms with Gasteiger partial charge >= 0.3 is 5.97 Å². The predicted molar refractivity (Wildman–Crippen MR) is 157 cm³/mol. The van der Waals surface area contributed by atoms with Crippen LogP contribution in [0.25, 0.3) is 0 Å². The van der Waals surface area contributed by atoms with Gasteiger partial charge in [-0.1, -0.05) is 39.0 Å². The van der Waals surface area contributed by atoms with E-state index in [4.69, 9.17) is 42.6 Å². The van der Waals surface area contributed by atoms with E-state index in [9.17, 15) is 4.79 Å². The summed E-state index contributed by atoms with van der Waals surface area (Å²) in [5, 5.41) is 3.33. The zero-order valence-corrected chi connectivity index (χ0v) is 25.8. The van der Waals surface area contributed by atoms with E-state index in [1.54, 1.807) is 0 Å². The molecule has 1 heterocycles. The topological polar surface area (TPSA) is 112 Å². The SMILES string of the molecule is CCCCCCCCC(=O)OCCOCCOCCOCCOCCOCCOCCOCCOC1CCNCC1. The number of nitrogens with one attached hydrogen (secondary N) is 1. The van der Waals surface area contributed by atoms with E-state index in [0.717, 1.165) is 38.8 Å². The standard InChI is InChI=1S/C30H59NO10/c1-2-3-4-5-6-7-8-30(32)41-28-26-39-24-22-37-20-18-35-16-14-33-13-15-34-17-19-36-21-23-38-25-27-40-29-9-11-31-12-10-29/h29,31H,2-28H2,1H3. The van der Waals surface area contributed by atoms with Gasteiger partial charge in [-0.25, -0.2) is 0 Å². The molecule has 0 saturated carbocycles. The summed E-state index contributed by atoms with van der Waals surface area (Å²) in [6.07, 6.45) is 9.99. The van der Waals surface area contributed by atoms with Crippen molar-refractivity contribution in [1.29, 1.82) is 0 Å². The molecule has 0 amide bonds. The molecule has 0 aliphatic carbocycles. The average molecular weight is 594 g/mol. The van der Waals surface area contributed by atoms with Crippen molar-refractivity contribution in [1.82, 2.24) is 5.32 Å². The Labute approximate surface area is 248 Å². The zero-order valence-electron chi connectivity index (χ0n) is 25.8. The second kappa shape index (κ2) is 32.0. The van der Waals surface area contributed by atoms with Gasteiger partial charge in [0.25, 0.3) is 0 Å². The summed E-state index contributed by atoms with van der Waals surface area (Å²) in [4.78, 5) is 11.6. The van der Waals surface area contributed by atoms with Crippen LogP contribution in [0.5, 0.6) is 0 Å². The second-order valence-electron chi connectivity index (χ2n) is 9.84. The first-order chi connectivity index (χ1) is 20.3. The van der Waals surface area contributed by atoms with Gasteiger partial charge in [-0.3, -0.25) is 4.79 Å². The van der Waals surface area contributed by atoms with Crippen LogP contribution in [-0.4, -0.2) is 131 Å². The van der Waals surface area contributed by atoms with Crippen LogP contribution in [0.3, 0.4) is 0 Å². The van der Waals surface area contributed by atoms with Crippen molar-refractivity contribution in [3.05, 3.63) is 0 Å². The molecule has 0 unspecified atom stereocenters. The van der Waals surface area contributed by atoms with Gasteiger partial charge in [-0.2, -0.15) is 0 Å². The van der Waals surface area contributed by atoms with Crippen LogP contribution in [0.2, 0.25) is 0 Å². The van der Waals surface area contributed by atoms with Crippen LogP contribution in [0, 0.1) is 0 Å². The lowest BCUT2D eigenvalue weighted by molar-refractivity contribution is -0.145. The summed E-state index contributed by atoms with van der Waals surface area (Å²) in [6, 6.07) is 0. The van der Waals surface area contributed by atoms with Gasteiger partial charge in [-0.05, 0) is 32.4 Å². The number of piperidine rings is 1. The molecule has 11 heteroatoms. The monoisotopic (exact) mass is 593 g/mol. The van der Waals surface area contributed by atoms with Gasteiger partial charge in [0.2, 0.25) is 0 Å². The molecule has 0 atom stereocenters. The molecule has 1 aliphatic heterocycles.